The molecule has 8 heteroatoms. The Bertz CT molecular complexity index is 1370. The molecule has 0 radical (unpaired) electrons. The summed E-state index contributed by atoms with van der Waals surface area (Å²) in [6.45, 7) is 2.77. The fourth-order valence-electron chi connectivity index (χ4n) is 4.31. The third-order valence-corrected chi connectivity index (χ3v) is 6.05. The summed E-state index contributed by atoms with van der Waals surface area (Å²) in [6.07, 6.45) is 3.08. The van der Waals surface area contributed by atoms with E-state index in [2.05, 4.69) is 4.98 Å². The molecule has 1 aliphatic heterocycles. The summed E-state index contributed by atoms with van der Waals surface area (Å²) in [7, 11) is 0. The molecule has 2 atom stereocenters. The predicted octanol–water partition coefficient (Wildman–Crippen LogP) is 3.28. The number of halogens is 1. The Labute approximate surface area is 183 Å². The standard InChI is InChI=1S/C24H23FN4O3/c1-16(17-6-3-2-4-7-17)28-15-26-22-21(28)23(30)27(14-20-8-5-13-32-20)24(31)29(22)19-11-9-18(25)10-12-19/h2-4,6-7,9-12,15-16,20H,5,8,13-14H2,1H3/t16-,20-/m1/s1. The lowest BCUT2D eigenvalue weighted by Gasteiger charge is -2.17. The molecular formula is C24H23FN4O3. The number of aromatic nitrogens is 4. The summed E-state index contributed by atoms with van der Waals surface area (Å²) in [6, 6.07) is 15.2. The number of rotatable bonds is 5. The van der Waals surface area contributed by atoms with Gasteiger partial charge in [-0.2, -0.15) is 0 Å². The van der Waals surface area contributed by atoms with E-state index in [1.807, 2.05) is 37.3 Å². The number of hydrogen-bond acceptors (Lipinski definition) is 4. The van der Waals surface area contributed by atoms with Crippen LogP contribution in [-0.4, -0.2) is 31.4 Å². The lowest BCUT2D eigenvalue weighted by atomic mass is 10.1. The normalized spacial score (nSPS) is 17.1. The Morgan fingerprint density at radius 2 is 1.88 bits per heavy atom. The van der Waals surface area contributed by atoms with Crippen LogP contribution in [0.2, 0.25) is 0 Å². The van der Waals surface area contributed by atoms with Crippen LogP contribution in [-0.2, 0) is 11.3 Å². The minimum atomic E-state index is -0.512. The molecule has 32 heavy (non-hydrogen) atoms. The van der Waals surface area contributed by atoms with Crippen molar-refractivity contribution < 1.29 is 9.13 Å². The molecule has 2 aromatic carbocycles. The number of benzene rings is 2. The van der Waals surface area contributed by atoms with Gasteiger partial charge in [-0.3, -0.25) is 9.36 Å². The zero-order valence-electron chi connectivity index (χ0n) is 17.6. The average Bonchev–Trinajstić information content (AvgIpc) is 3.48. The van der Waals surface area contributed by atoms with E-state index in [0.29, 0.717) is 17.8 Å². The number of hydrogen-bond donors (Lipinski definition) is 0. The van der Waals surface area contributed by atoms with Crippen molar-refractivity contribution in [2.24, 2.45) is 0 Å². The van der Waals surface area contributed by atoms with Gasteiger partial charge in [0, 0.05) is 6.61 Å². The third kappa shape index (κ3) is 3.46. The van der Waals surface area contributed by atoms with Crippen LogP contribution < -0.4 is 11.2 Å². The van der Waals surface area contributed by atoms with Crippen molar-refractivity contribution in [2.45, 2.75) is 38.5 Å². The SMILES string of the molecule is C[C@H](c1ccccc1)n1cnc2c1c(=O)n(C[C@H]1CCCO1)c(=O)n2-c1ccc(F)cc1. The monoisotopic (exact) mass is 434 g/mol. The first-order valence-electron chi connectivity index (χ1n) is 10.7. The molecular weight excluding hydrogens is 411 g/mol. The van der Waals surface area contributed by atoms with E-state index in [-0.39, 0.29) is 24.3 Å². The number of fused-ring (bicyclic) bond motifs is 1. The summed E-state index contributed by atoms with van der Waals surface area (Å²) < 4.78 is 23.6. The molecule has 0 unspecified atom stereocenters. The quantitative estimate of drug-likeness (QED) is 0.483. The molecule has 1 saturated heterocycles. The maximum atomic E-state index is 13.6. The highest BCUT2D eigenvalue weighted by molar-refractivity contribution is 5.72. The van der Waals surface area contributed by atoms with Crippen LogP contribution in [0, 0.1) is 5.82 Å². The van der Waals surface area contributed by atoms with E-state index < -0.39 is 17.1 Å². The number of imidazole rings is 1. The molecule has 0 bridgehead atoms. The summed E-state index contributed by atoms with van der Waals surface area (Å²) in [5, 5.41) is 0. The first-order chi connectivity index (χ1) is 15.5. The Kier molecular flexibility index (Phi) is 5.22. The van der Waals surface area contributed by atoms with Gasteiger partial charge in [0.15, 0.2) is 11.2 Å². The Morgan fingerprint density at radius 1 is 1.12 bits per heavy atom. The van der Waals surface area contributed by atoms with Crippen molar-refractivity contribution in [1.82, 2.24) is 18.7 Å². The third-order valence-electron chi connectivity index (χ3n) is 6.05. The highest BCUT2D eigenvalue weighted by Crippen LogP contribution is 2.22. The molecule has 3 heterocycles. The van der Waals surface area contributed by atoms with Crippen LogP contribution in [0.25, 0.3) is 16.9 Å². The van der Waals surface area contributed by atoms with E-state index in [0.717, 1.165) is 18.4 Å². The van der Waals surface area contributed by atoms with Crippen molar-refractivity contribution in [3.63, 3.8) is 0 Å². The highest BCUT2D eigenvalue weighted by atomic mass is 19.1. The van der Waals surface area contributed by atoms with Crippen LogP contribution in [0.15, 0.2) is 70.5 Å². The van der Waals surface area contributed by atoms with Gasteiger partial charge in [-0.05, 0) is 49.6 Å². The van der Waals surface area contributed by atoms with Gasteiger partial charge in [-0.15, -0.1) is 0 Å². The van der Waals surface area contributed by atoms with Crippen LogP contribution in [0.4, 0.5) is 4.39 Å². The second kappa shape index (κ2) is 8.20. The molecule has 1 aliphatic rings. The van der Waals surface area contributed by atoms with Gasteiger partial charge in [0.25, 0.3) is 5.56 Å². The second-order valence-corrected chi connectivity index (χ2v) is 8.06. The summed E-state index contributed by atoms with van der Waals surface area (Å²) >= 11 is 0. The zero-order valence-corrected chi connectivity index (χ0v) is 17.6. The van der Waals surface area contributed by atoms with Crippen molar-refractivity contribution >= 4 is 11.2 Å². The van der Waals surface area contributed by atoms with Crippen molar-refractivity contribution in [3.8, 4) is 5.69 Å². The first-order valence-corrected chi connectivity index (χ1v) is 10.7. The minimum Gasteiger partial charge on any atom is -0.376 e. The van der Waals surface area contributed by atoms with Crippen LogP contribution in [0.5, 0.6) is 0 Å². The van der Waals surface area contributed by atoms with E-state index in [1.54, 1.807) is 10.9 Å². The van der Waals surface area contributed by atoms with E-state index >= 15 is 0 Å². The molecule has 0 amide bonds. The highest BCUT2D eigenvalue weighted by Gasteiger charge is 2.24. The molecule has 0 saturated carbocycles. The van der Waals surface area contributed by atoms with Gasteiger partial charge in [-0.1, -0.05) is 30.3 Å². The maximum Gasteiger partial charge on any atom is 0.337 e. The van der Waals surface area contributed by atoms with Gasteiger partial charge < -0.3 is 9.30 Å². The van der Waals surface area contributed by atoms with Crippen LogP contribution >= 0.6 is 0 Å². The molecule has 4 aromatic rings. The van der Waals surface area contributed by atoms with E-state index in [1.165, 1.54) is 33.4 Å². The van der Waals surface area contributed by atoms with Crippen molar-refractivity contribution in [3.05, 3.63) is 93.1 Å². The molecule has 2 aromatic heterocycles. The second-order valence-electron chi connectivity index (χ2n) is 8.06. The Morgan fingerprint density at radius 3 is 2.56 bits per heavy atom. The zero-order chi connectivity index (χ0) is 22.2. The van der Waals surface area contributed by atoms with Gasteiger partial charge in [0.1, 0.15) is 5.82 Å². The topological polar surface area (TPSA) is 71.1 Å². The van der Waals surface area contributed by atoms with Crippen LogP contribution in [0.3, 0.4) is 0 Å². The fraction of sp³-hybridized carbons (Fsp3) is 0.292. The summed E-state index contributed by atoms with van der Waals surface area (Å²) in [4.78, 5) is 31.5. The van der Waals surface area contributed by atoms with Gasteiger partial charge in [0.2, 0.25) is 0 Å². The minimum absolute atomic E-state index is 0.166. The van der Waals surface area contributed by atoms with Gasteiger partial charge >= 0.3 is 5.69 Å². The number of ether oxygens (including phenoxy) is 1. The molecule has 164 valence electrons. The lowest BCUT2D eigenvalue weighted by molar-refractivity contribution is 0.0950. The van der Waals surface area contributed by atoms with Gasteiger partial charge in [-0.25, -0.2) is 18.7 Å². The predicted molar refractivity (Wildman–Crippen MR) is 119 cm³/mol. The van der Waals surface area contributed by atoms with Crippen LogP contribution in [0.1, 0.15) is 31.4 Å². The molecule has 0 spiro atoms. The smallest absolute Gasteiger partial charge is 0.337 e. The Hall–Kier alpha value is -3.52. The van der Waals surface area contributed by atoms with Gasteiger partial charge in [0.05, 0.1) is 30.7 Å². The largest absolute Gasteiger partial charge is 0.376 e. The molecule has 0 aliphatic carbocycles. The maximum absolute atomic E-state index is 13.6. The number of nitrogens with zero attached hydrogens (tertiary/aromatic N) is 4. The molecule has 0 N–H and O–H groups in total. The average molecular weight is 434 g/mol. The molecule has 5 rings (SSSR count). The molecule has 1 fully saturated rings. The van der Waals surface area contributed by atoms with E-state index in [9.17, 15) is 14.0 Å². The lowest BCUT2D eigenvalue weighted by Crippen LogP contribution is -2.42. The fourth-order valence-corrected chi connectivity index (χ4v) is 4.31. The first kappa shape index (κ1) is 20.4. The van der Waals surface area contributed by atoms with Crippen molar-refractivity contribution in [2.75, 3.05) is 6.61 Å². The van der Waals surface area contributed by atoms with Crippen molar-refractivity contribution in [1.29, 1.82) is 0 Å². The molecule has 7 nitrogen and oxygen atoms in total. The Balaban J connectivity index is 1.76. The summed E-state index contributed by atoms with van der Waals surface area (Å²) in [5.74, 6) is -0.408. The van der Waals surface area contributed by atoms with E-state index in [4.69, 9.17) is 4.74 Å². The summed E-state index contributed by atoms with van der Waals surface area (Å²) in [5.41, 5.74) is 1.11.